The molecule has 1 aromatic rings. The van der Waals surface area contributed by atoms with Gasteiger partial charge in [0.15, 0.2) is 0 Å². The van der Waals surface area contributed by atoms with E-state index >= 15 is 0 Å². The molecule has 0 spiro atoms. The number of aryl methyl sites for hydroxylation is 2. The number of hydrogen-bond acceptors (Lipinski definition) is 3. The third-order valence-electron chi connectivity index (χ3n) is 4.13. The minimum Gasteiger partial charge on any atom is -0.338 e. The van der Waals surface area contributed by atoms with Crippen molar-refractivity contribution in [2.75, 3.05) is 31.5 Å². The molecule has 1 fully saturated rings. The van der Waals surface area contributed by atoms with E-state index < -0.39 is 0 Å². The summed E-state index contributed by atoms with van der Waals surface area (Å²) in [7, 11) is 1.88. The van der Waals surface area contributed by atoms with Crippen LogP contribution < -0.4 is 10.6 Å². The van der Waals surface area contributed by atoms with E-state index in [2.05, 4.69) is 20.6 Å². The van der Waals surface area contributed by atoms with Gasteiger partial charge in [0, 0.05) is 13.6 Å². The summed E-state index contributed by atoms with van der Waals surface area (Å²) in [5.74, 6) is 0. The molecule has 1 saturated heterocycles. The van der Waals surface area contributed by atoms with Crippen LogP contribution in [0.5, 0.6) is 0 Å². The predicted octanol–water partition coefficient (Wildman–Crippen LogP) is 2.03. The lowest BCUT2D eigenvalue weighted by Crippen LogP contribution is -2.34. The quantitative estimate of drug-likeness (QED) is 0.817. The molecule has 118 valence electrons. The molecule has 0 aliphatic carbocycles. The fraction of sp³-hybridized carbons (Fsp3) is 0.733. The van der Waals surface area contributed by atoms with Crippen LogP contribution in [0.4, 0.5) is 10.5 Å². The predicted molar refractivity (Wildman–Crippen MR) is 84.6 cm³/mol. The van der Waals surface area contributed by atoms with Gasteiger partial charge >= 0.3 is 6.03 Å². The molecule has 0 atom stereocenters. The van der Waals surface area contributed by atoms with Crippen LogP contribution in [0.1, 0.15) is 37.1 Å². The summed E-state index contributed by atoms with van der Waals surface area (Å²) in [6.07, 6.45) is 4.99. The SMILES string of the molecule is Cc1nn(C)c(C)c1NC(=O)NCCCN1CCCCC1. The number of carbonyl (C=O) groups is 1. The van der Waals surface area contributed by atoms with Gasteiger partial charge in [0.2, 0.25) is 0 Å². The van der Waals surface area contributed by atoms with Crippen LogP contribution in [0.3, 0.4) is 0 Å². The summed E-state index contributed by atoms with van der Waals surface area (Å²) in [6, 6.07) is -0.146. The zero-order valence-corrected chi connectivity index (χ0v) is 13.4. The lowest BCUT2D eigenvalue weighted by molar-refractivity contribution is 0.224. The number of nitrogens with zero attached hydrogens (tertiary/aromatic N) is 3. The molecule has 2 rings (SSSR count). The van der Waals surface area contributed by atoms with E-state index in [1.54, 1.807) is 4.68 Å². The van der Waals surface area contributed by atoms with Gasteiger partial charge in [0.1, 0.15) is 0 Å². The van der Waals surface area contributed by atoms with Crippen LogP contribution in [0.15, 0.2) is 0 Å². The minimum atomic E-state index is -0.146. The number of carbonyl (C=O) groups excluding carboxylic acids is 1. The van der Waals surface area contributed by atoms with Crippen molar-refractivity contribution in [3.05, 3.63) is 11.4 Å². The van der Waals surface area contributed by atoms with Gasteiger partial charge < -0.3 is 15.5 Å². The van der Waals surface area contributed by atoms with Crippen molar-refractivity contribution >= 4 is 11.7 Å². The van der Waals surface area contributed by atoms with Crippen molar-refractivity contribution in [1.82, 2.24) is 20.0 Å². The van der Waals surface area contributed by atoms with Crippen LogP contribution >= 0.6 is 0 Å². The standard InChI is InChI=1S/C15H27N5O/c1-12-14(13(2)19(3)18-12)17-15(21)16-8-7-11-20-9-5-4-6-10-20/h4-11H2,1-3H3,(H2,16,17,21). The highest BCUT2D eigenvalue weighted by Gasteiger charge is 2.12. The first-order chi connectivity index (χ1) is 10.1. The van der Waals surface area contributed by atoms with Gasteiger partial charge in [0.25, 0.3) is 0 Å². The van der Waals surface area contributed by atoms with Gasteiger partial charge in [-0.25, -0.2) is 4.79 Å². The third-order valence-corrected chi connectivity index (χ3v) is 4.13. The van der Waals surface area contributed by atoms with Gasteiger partial charge in [0.05, 0.1) is 17.1 Å². The molecule has 2 amide bonds. The molecular formula is C15H27N5O. The Morgan fingerprint density at radius 3 is 2.57 bits per heavy atom. The number of likely N-dealkylation sites (tertiary alicyclic amines) is 1. The maximum Gasteiger partial charge on any atom is 0.319 e. The highest BCUT2D eigenvalue weighted by atomic mass is 16.2. The van der Waals surface area contributed by atoms with E-state index in [1.165, 1.54) is 32.4 Å². The van der Waals surface area contributed by atoms with Crippen molar-refractivity contribution in [3.8, 4) is 0 Å². The molecule has 0 unspecified atom stereocenters. The first kappa shape index (κ1) is 15.8. The summed E-state index contributed by atoms with van der Waals surface area (Å²) >= 11 is 0. The van der Waals surface area contributed by atoms with Gasteiger partial charge in [-0.1, -0.05) is 6.42 Å². The van der Waals surface area contributed by atoms with Gasteiger partial charge in [-0.3, -0.25) is 4.68 Å². The number of nitrogens with one attached hydrogen (secondary N) is 2. The summed E-state index contributed by atoms with van der Waals surface area (Å²) in [5.41, 5.74) is 2.63. The normalized spacial score (nSPS) is 16.0. The largest absolute Gasteiger partial charge is 0.338 e. The molecule has 1 aliphatic rings. The zero-order chi connectivity index (χ0) is 15.2. The smallest absolute Gasteiger partial charge is 0.319 e. The third kappa shape index (κ3) is 4.46. The molecule has 0 saturated carbocycles. The number of hydrogen-bond donors (Lipinski definition) is 2. The van der Waals surface area contributed by atoms with E-state index in [4.69, 9.17) is 0 Å². The monoisotopic (exact) mass is 293 g/mol. The van der Waals surface area contributed by atoms with E-state index in [1.807, 2.05) is 20.9 Å². The van der Waals surface area contributed by atoms with E-state index in [0.29, 0.717) is 6.54 Å². The first-order valence-corrected chi connectivity index (χ1v) is 7.85. The Labute approximate surface area is 126 Å². The van der Waals surface area contributed by atoms with Crippen LogP contribution in [0.25, 0.3) is 0 Å². The van der Waals surface area contributed by atoms with Crippen LogP contribution in [0, 0.1) is 13.8 Å². The Bertz CT molecular complexity index is 477. The fourth-order valence-electron chi connectivity index (χ4n) is 2.80. The maximum atomic E-state index is 11.9. The summed E-state index contributed by atoms with van der Waals surface area (Å²) in [4.78, 5) is 14.4. The number of amides is 2. The minimum absolute atomic E-state index is 0.146. The number of piperidine rings is 1. The molecule has 0 radical (unpaired) electrons. The van der Waals surface area contributed by atoms with Crippen molar-refractivity contribution in [2.45, 2.75) is 39.5 Å². The molecule has 6 nitrogen and oxygen atoms in total. The molecule has 6 heteroatoms. The maximum absolute atomic E-state index is 11.9. The Kier molecular flexibility index (Phi) is 5.61. The average molecular weight is 293 g/mol. The Morgan fingerprint density at radius 2 is 1.95 bits per heavy atom. The first-order valence-electron chi connectivity index (χ1n) is 7.85. The molecule has 0 aromatic carbocycles. The van der Waals surface area contributed by atoms with Crippen LogP contribution in [0.2, 0.25) is 0 Å². The van der Waals surface area contributed by atoms with Crippen molar-refractivity contribution in [3.63, 3.8) is 0 Å². The Morgan fingerprint density at radius 1 is 1.24 bits per heavy atom. The lowest BCUT2D eigenvalue weighted by Gasteiger charge is -2.26. The summed E-state index contributed by atoms with van der Waals surface area (Å²) in [5, 5.41) is 10.1. The molecule has 1 aromatic heterocycles. The van der Waals surface area contributed by atoms with E-state index in [-0.39, 0.29) is 6.03 Å². The molecule has 21 heavy (non-hydrogen) atoms. The molecule has 2 N–H and O–H groups in total. The van der Waals surface area contributed by atoms with Crippen LogP contribution in [-0.2, 0) is 7.05 Å². The number of anilines is 1. The highest BCUT2D eigenvalue weighted by Crippen LogP contribution is 2.17. The molecule has 2 heterocycles. The van der Waals surface area contributed by atoms with Crippen molar-refractivity contribution < 1.29 is 4.79 Å². The second kappa shape index (κ2) is 7.45. The van der Waals surface area contributed by atoms with E-state index in [9.17, 15) is 4.79 Å². The second-order valence-corrected chi connectivity index (χ2v) is 5.81. The topological polar surface area (TPSA) is 62.2 Å². The highest BCUT2D eigenvalue weighted by molar-refractivity contribution is 5.90. The number of urea groups is 1. The Balaban J connectivity index is 1.67. The second-order valence-electron chi connectivity index (χ2n) is 5.81. The molecular weight excluding hydrogens is 266 g/mol. The summed E-state index contributed by atoms with van der Waals surface area (Å²) < 4.78 is 1.78. The number of aromatic nitrogens is 2. The van der Waals surface area contributed by atoms with Crippen LogP contribution in [-0.4, -0.2) is 46.9 Å². The summed E-state index contributed by atoms with van der Waals surface area (Å²) in [6.45, 7) is 8.05. The van der Waals surface area contributed by atoms with Gasteiger partial charge in [-0.2, -0.15) is 5.10 Å². The van der Waals surface area contributed by atoms with Crippen molar-refractivity contribution in [1.29, 1.82) is 0 Å². The average Bonchev–Trinajstić information content (AvgIpc) is 2.71. The molecule has 0 bridgehead atoms. The van der Waals surface area contributed by atoms with Gasteiger partial charge in [-0.05, 0) is 52.7 Å². The Hall–Kier alpha value is -1.56. The lowest BCUT2D eigenvalue weighted by atomic mass is 10.1. The fourth-order valence-corrected chi connectivity index (χ4v) is 2.80. The zero-order valence-electron chi connectivity index (χ0n) is 13.4. The van der Waals surface area contributed by atoms with Gasteiger partial charge in [-0.15, -0.1) is 0 Å². The number of rotatable bonds is 5. The van der Waals surface area contributed by atoms with Crippen molar-refractivity contribution in [2.24, 2.45) is 7.05 Å². The molecule has 1 aliphatic heterocycles. The van der Waals surface area contributed by atoms with E-state index in [0.717, 1.165) is 30.0 Å².